The Labute approximate surface area is 230 Å². The van der Waals surface area contributed by atoms with Crippen LogP contribution >= 0.6 is 0 Å². The molecule has 0 spiro atoms. The van der Waals surface area contributed by atoms with Gasteiger partial charge in [-0.15, -0.1) is 5.10 Å². The number of hydrogen-bond donors (Lipinski definition) is 0. The number of rotatable bonds is 5. The minimum Gasteiger partial charge on any atom is -0.485 e. The van der Waals surface area contributed by atoms with Gasteiger partial charge in [-0.3, -0.25) is 4.79 Å². The van der Waals surface area contributed by atoms with Crippen LogP contribution in [0.5, 0.6) is 5.75 Å². The molecular weight excluding hydrogens is 492 g/mol. The summed E-state index contributed by atoms with van der Waals surface area (Å²) in [4.78, 5) is 26.5. The highest BCUT2D eigenvalue weighted by Gasteiger charge is 2.33. The normalized spacial score (nSPS) is 25.8. The van der Waals surface area contributed by atoms with Gasteiger partial charge in [-0.2, -0.15) is 9.50 Å². The maximum absolute atomic E-state index is 13.1. The molecule has 2 aliphatic heterocycles. The minimum atomic E-state index is 0.105. The van der Waals surface area contributed by atoms with Crippen LogP contribution in [0.15, 0.2) is 24.3 Å². The molecule has 0 bridgehead atoms. The predicted molar refractivity (Wildman–Crippen MR) is 149 cm³/mol. The van der Waals surface area contributed by atoms with Crippen LogP contribution in [0.25, 0.3) is 5.78 Å². The summed E-state index contributed by atoms with van der Waals surface area (Å²) in [5.74, 6) is 3.18. The van der Waals surface area contributed by atoms with Crippen LogP contribution in [-0.2, 0) is 9.53 Å². The third-order valence-electron chi connectivity index (χ3n) is 8.82. The Hall–Kier alpha value is -3.20. The molecule has 0 N–H and O–H groups in total. The largest absolute Gasteiger partial charge is 0.485 e. The molecule has 3 aromatic rings. The number of aromatic nitrogens is 4. The third kappa shape index (κ3) is 5.21. The number of carbonyl (C=O) groups excluding carboxylic acids is 1. The van der Waals surface area contributed by atoms with Gasteiger partial charge < -0.3 is 19.3 Å². The molecule has 9 heteroatoms. The maximum Gasteiger partial charge on any atom is 0.253 e. The zero-order valence-corrected chi connectivity index (χ0v) is 23.6. The number of nitrogens with zero attached hydrogens (tertiary/aromatic N) is 6. The van der Waals surface area contributed by atoms with Crippen molar-refractivity contribution in [2.45, 2.75) is 77.9 Å². The molecule has 1 amide bonds. The summed E-state index contributed by atoms with van der Waals surface area (Å²) >= 11 is 0. The molecule has 1 aliphatic carbocycles. The van der Waals surface area contributed by atoms with Crippen molar-refractivity contribution in [3.63, 3.8) is 0 Å². The van der Waals surface area contributed by atoms with Crippen molar-refractivity contribution in [3.8, 4) is 5.75 Å². The van der Waals surface area contributed by atoms with Crippen LogP contribution in [0.2, 0.25) is 0 Å². The van der Waals surface area contributed by atoms with Gasteiger partial charge in [-0.05, 0) is 77.0 Å². The van der Waals surface area contributed by atoms with Gasteiger partial charge in [0.1, 0.15) is 11.9 Å². The zero-order chi connectivity index (χ0) is 27.1. The second kappa shape index (κ2) is 10.8. The fourth-order valence-electron chi connectivity index (χ4n) is 6.58. The summed E-state index contributed by atoms with van der Waals surface area (Å²) in [5, 5.41) is 4.46. The van der Waals surface area contributed by atoms with Crippen LogP contribution < -0.4 is 9.64 Å². The Morgan fingerprint density at radius 1 is 1.00 bits per heavy atom. The van der Waals surface area contributed by atoms with Crippen LogP contribution in [0.3, 0.4) is 0 Å². The number of benzene rings is 1. The number of fused-ring (bicyclic) bond motifs is 1. The fourth-order valence-corrected chi connectivity index (χ4v) is 6.58. The van der Waals surface area contributed by atoms with Crippen LogP contribution in [-0.4, -0.2) is 75.4 Å². The molecule has 2 atom stereocenters. The first-order valence-corrected chi connectivity index (χ1v) is 14.5. The fraction of sp³-hybridized carbons (Fsp3) is 0.600. The summed E-state index contributed by atoms with van der Waals surface area (Å²) in [6, 6.07) is 9.29. The summed E-state index contributed by atoms with van der Waals surface area (Å²) < 4.78 is 13.8. The first kappa shape index (κ1) is 26.0. The Kier molecular flexibility index (Phi) is 7.18. The molecule has 6 rings (SSSR count). The van der Waals surface area contributed by atoms with Crippen molar-refractivity contribution in [1.82, 2.24) is 24.5 Å². The second-order valence-corrected chi connectivity index (χ2v) is 11.6. The standard InChI is InChI=1S/C30H40N6O3/c1-19-18-38-16-15-35(19)29(37)25-7-5-23(6-8-25)24-9-11-26(12-10-24)34-14-13-27(17-34)39-28-20(2)31-30-32-22(4)33-36(30)21(28)3/h9-12,19,23,25,27H,5-8,13-18H2,1-4H3/t19-,23?,25?,27+/m0/s1. The number of ether oxygens (including phenoxy) is 2. The highest BCUT2D eigenvalue weighted by Crippen LogP contribution is 2.38. The van der Waals surface area contributed by atoms with E-state index in [1.807, 2.05) is 25.7 Å². The van der Waals surface area contributed by atoms with Crippen molar-refractivity contribution in [1.29, 1.82) is 0 Å². The van der Waals surface area contributed by atoms with Crippen LogP contribution in [0, 0.1) is 26.7 Å². The highest BCUT2D eigenvalue weighted by atomic mass is 16.5. The monoisotopic (exact) mass is 532 g/mol. The molecule has 3 fully saturated rings. The van der Waals surface area contributed by atoms with Crippen LogP contribution in [0.1, 0.15) is 67.7 Å². The number of amides is 1. The molecule has 4 heterocycles. The van der Waals surface area contributed by atoms with E-state index in [-0.39, 0.29) is 18.1 Å². The zero-order valence-electron chi connectivity index (χ0n) is 23.6. The molecule has 3 aliphatic rings. The molecule has 1 saturated carbocycles. The molecule has 2 saturated heterocycles. The molecule has 0 unspecified atom stereocenters. The lowest BCUT2D eigenvalue weighted by Gasteiger charge is -2.37. The summed E-state index contributed by atoms with van der Waals surface area (Å²) in [6.07, 6.45) is 5.19. The highest BCUT2D eigenvalue weighted by molar-refractivity contribution is 5.79. The number of morpholine rings is 1. The number of anilines is 1. The molecule has 1 aromatic carbocycles. The Morgan fingerprint density at radius 3 is 2.51 bits per heavy atom. The lowest BCUT2D eigenvalue weighted by Crippen LogP contribution is -2.49. The van der Waals surface area contributed by atoms with Crippen molar-refractivity contribution in [3.05, 3.63) is 47.0 Å². The van der Waals surface area contributed by atoms with E-state index in [1.165, 1.54) is 11.3 Å². The number of aryl methyl sites for hydroxylation is 3. The second-order valence-electron chi connectivity index (χ2n) is 11.6. The molecule has 39 heavy (non-hydrogen) atoms. The quantitative estimate of drug-likeness (QED) is 0.486. The molecule has 9 nitrogen and oxygen atoms in total. The van der Waals surface area contributed by atoms with E-state index >= 15 is 0 Å². The molecular formula is C30H40N6O3. The van der Waals surface area contributed by atoms with E-state index in [0.29, 0.717) is 36.6 Å². The lowest BCUT2D eigenvalue weighted by molar-refractivity contribution is -0.144. The third-order valence-corrected chi connectivity index (χ3v) is 8.82. The predicted octanol–water partition coefficient (Wildman–Crippen LogP) is 4.23. The summed E-state index contributed by atoms with van der Waals surface area (Å²) in [6.45, 7) is 11.8. The van der Waals surface area contributed by atoms with E-state index in [0.717, 1.165) is 68.9 Å². The van der Waals surface area contributed by atoms with Gasteiger partial charge in [0.05, 0.1) is 37.2 Å². The van der Waals surface area contributed by atoms with Gasteiger partial charge >= 0.3 is 0 Å². The summed E-state index contributed by atoms with van der Waals surface area (Å²) in [7, 11) is 0. The first-order valence-electron chi connectivity index (χ1n) is 14.5. The van der Waals surface area contributed by atoms with Gasteiger partial charge in [0, 0.05) is 31.1 Å². The average Bonchev–Trinajstić information content (AvgIpc) is 3.57. The van der Waals surface area contributed by atoms with Gasteiger partial charge in [0.2, 0.25) is 5.91 Å². The molecule has 0 radical (unpaired) electrons. The van der Waals surface area contributed by atoms with E-state index in [1.54, 1.807) is 4.52 Å². The van der Waals surface area contributed by atoms with Crippen molar-refractivity contribution >= 4 is 17.4 Å². The van der Waals surface area contributed by atoms with E-state index in [4.69, 9.17) is 9.47 Å². The van der Waals surface area contributed by atoms with Crippen molar-refractivity contribution < 1.29 is 14.3 Å². The molecule has 2 aromatic heterocycles. The minimum absolute atomic E-state index is 0.105. The maximum atomic E-state index is 13.1. The van der Waals surface area contributed by atoms with E-state index in [2.05, 4.69) is 51.2 Å². The van der Waals surface area contributed by atoms with Gasteiger partial charge in [-0.1, -0.05) is 12.1 Å². The average molecular weight is 533 g/mol. The SMILES string of the molecule is Cc1nc2nc(C)c(O[C@@H]3CCN(c4ccc(C5CCC(C(=O)N6CCOC[C@@H]6C)CC5)cc4)C3)c(C)n2n1. The van der Waals surface area contributed by atoms with Gasteiger partial charge in [0.15, 0.2) is 5.75 Å². The van der Waals surface area contributed by atoms with Crippen molar-refractivity contribution in [2.24, 2.45) is 5.92 Å². The van der Waals surface area contributed by atoms with E-state index < -0.39 is 0 Å². The Morgan fingerprint density at radius 2 is 1.77 bits per heavy atom. The van der Waals surface area contributed by atoms with Gasteiger partial charge in [-0.25, -0.2) is 4.98 Å². The first-order chi connectivity index (χ1) is 18.9. The lowest BCUT2D eigenvalue weighted by atomic mass is 9.78. The smallest absolute Gasteiger partial charge is 0.253 e. The summed E-state index contributed by atoms with van der Waals surface area (Å²) in [5.41, 5.74) is 4.43. The Balaban J connectivity index is 1.04. The topological polar surface area (TPSA) is 85.1 Å². The van der Waals surface area contributed by atoms with Gasteiger partial charge in [0.25, 0.3) is 5.78 Å². The number of hydrogen-bond acceptors (Lipinski definition) is 7. The molecule has 208 valence electrons. The van der Waals surface area contributed by atoms with Crippen LogP contribution in [0.4, 0.5) is 5.69 Å². The van der Waals surface area contributed by atoms with Crippen molar-refractivity contribution in [2.75, 3.05) is 37.7 Å². The van der Waals surface area contributed by atoms with E-state index in [9.17, 15) is 4.79 Å². The Bertz CT molecular complexity index is 1330. The number of carbonyl (C=O) groups is 1.